The first-order valence-electron chi connectivity index (χ1n) is 7.45. The molecule has 0 saturated heterocycles. The van der Waals surface area contributed by atoms with Crippen molar-refractivity contribution in [3.63, 3.8) is 0 Å². The van der Waals surface area contributed by atoms with Crippen LogP contribution in [0.5, 0.6) is 0 Å². The predicted molar refractivity (Wildman–Crippen MR) is 90.9 cm³/mol. The minimum absolute atomic E-state index is 0.324. The minimum Gasteiger partial charge on any atom is -0.339 e. The van der Waals surface area contributed by atoms with E-state index < -0.39 is 0 Å². The van der Waals surface area contributed by atoms with Gasteiger partial charge in [-0.3, -0.25) is 4.90 Å². The fraction of sp³-hybridized carbons (Fsp3) is 0.211. The summed E-state index contributed by atoms with van der Waals surface area (Å²) in [6.45, 7) is 0.860. The molecule has 3 nitrogen and oxygen atoms in total. The lowest BCUT2D eigenvalue weighted by Crippen LogP contribution is -2.20. The number of aromatic amines is 1. The van der Waals surface area contributed by atoms with Gasteiger partial charge in [0.2, 0.25) is 0 Å². The molecule has 0 aliphatic heterocycles. The zero-order valence-corrected chi connectivity index (χ0v) is 13.2. The van der Waals surface area contributed by atoms with Crippen LogP contribution in [0, 0.1) is 11.8 Å². The van der Waals surface area contributed by atoms with E-state index in [1.54, 1.807) is 12.5 Å². The minimum atomic E-state index is -0.324. The van der Waals surface area contributed by atoms with Crippen molar-refractivity contribution in [3.05, 3.63) is 77.9 Å². The third-order valence-corrected chi connectivity index (χ3v) is 3.17. The van der Waals surface area contributed by atoms with Crippen LogP contribution in [0.4, 0.5) is 4.39 Å². The van der Waals surface area contributed by atoms with Crippen molar-refractivity contribution in [1.82, 2.24) is 14.9 Å². The quantitative estimate of drug-likeness (QED) is 0.879. The Morgan fingerprint density at radius 2 is 1.91 bits per heavy atom. The molecule has 0 aliphatic rings. The zero-order valence-electron chi connectivity index (χ0n) is 13.2. The highest BCUT2D eigenvalue weighted by atomic mass is 19.1. The van der Waals surface area contributed by atoms with Crippen LogP contribution in [0.15, 0.2) is 61.1 Å². The lowest BCUT2D eigenvalue weighted by molar-refractivity contribution is 0.289. The largest absolute Gasteiger partial charge is 0.339 e. The molecule has 0 unspecified atom stereocenters. The summed E-state index contributed by atoms with van der Waals surface area (Å²) in [5.74, 6) is 6.20. The molecular weight excluding hydrogens is 289 g/mol. The molecule has 118 valence electrons. The van der Waals surface area contributed by atoms with Crippen LogP contribution >= 0.6 is 0 Å². The average Bonchev–Trinajstić information content (AvgIpc) is 2.68. The highest BCUT2D eigenvalue weighted by Crippen LogP contribution is 2.06. The third-order valence-electron chi connectivity index (χ3n) is 3.17. The van der Waals surface area contributed by atoms with Gasteiger partial charge in [0.05, 0.1) is 12.0 Å². The van der Waals surface area contributed by atoms with Crippen molar-refractivity contribution in [2.45, 2.75) is 6.54 Å². The van der Waals surface area contributed by atoms with Crippen LogP contribution in [0.25, 0.3) is 0 Å². The second-order valence-corrected chi connectivity index (χ2v) is 5.10. The van der Waals surface area contributed by atoms with Crippen molar-refractivity contribution < 1.29 is 4.39 Å². The number of nitrogens with one attached hydrogen (secondary N) is 1. The standard InChI is InChI=1S/C19H20FN3/c1-23(14-12-20)15-18-8-6-17(7-9-18)10-11-19-5-3-2-4-13-21-16-22-19/h2-9,13,16H,12,14-15H2,1H3,(H,21,22). The monoisotopic (exact) mass is 309 g/mol. The number of hydrogen-bond acceptors (Lipinski definition) is 2. The van der Waals surface area contributed by atoms with E-state index in [-0.39, 0.29) is 6.67 Å². The number of halogens is 1. The van der Waals surface area contributed by atoms with Gasteiger partial charge < -0.3 is 4.98 Å². The first-order chi connectivity index (χ1) is 11.3. The molecule has 0 saturated carbocycles. The molecule has 1 heterocycles. The smallest absolute Gasteiger partial charge is 0.102 e. The number of rotatable bonds is 4. The Bertz CT molecular complexity index is 685. The summed E-state index contributed by atoms with van der Waals surface area (Å²) in [4.78, 5) is 9.03. The van der Waals surface area contributed by atoms with Crippen molar-refractivity contribution in [3.8, 4) is 11.8 Å². The van der Waals surface area contributed by atoms with Crippen LogP contribution in [0.1, 0.15) is 16.8 Å². The molecule has 4 heteroatoms. The molecule has 1 aromatic heterocycles. The Morgan fingerprint density at radius 3 is 2.70 bits per heavy atom. The van der Waals surface area contributed by atoms with Gasteiger partial charge in [0, 0.05) is 24.8 Å². The van der Waals surface area contributed by atoms with Crippen molar-refractivity contribution in [2.75, 3.05) is 20.3 Å². The van der Waals surface area contributed by atoms with Gasteiger partial charge in [-0.25, -0.2) is 9.37 Å². The predicted octanol–water partition coefficient (Wildman–Crippen LogP) is 3.34. The van der Waals surface area contributed by atoms with Crippen LogP contribution in [-0.2, 0) is 6.54 Å². The van der Waals surface area contributed by atoms with Gasteiger partial charge in [-0.15, -0.1) is 0 Å². The lowest BCUT2D eigenvalue weighted by atomic mass is 10.1. The number of alkyl halides is 1. The maximum Gasteiger partial charge on any atom is 0.102 e. The number of nitrogens with zero attached hydrogens (tertiary/aromatic N) is 2. The molecule has 1 aromatic carbocycles. The van der Waals surface area contributed by atoms with Crippen LogP contribution in [0.2, 0.25) is 0 Å². The summed E-state index contributed by atoms with van der Waals surface area (Å²) in [5, 5.41) is 0. The molecule has 0 radical (unpaired) electrons. The molecule has 2 rings (SSSR count). The Labute approximate surface area is 136 Å². The fourth-order valence-corrected chi connectivity index (χ4v) is 1.96. The summed E-state index contributed by atoms with van der Waals surface area (Å²) >= 11 is 0. The molecular formula is C19H20FN3. The van der Waals surface area contributed by atoms with Gasteiger partial charge in [0.15, 0.2) is 0 Å². The molecule has 0 spiro atoms. The fourth-order valence-electron chi connectivity index (χ4n) is 1.96. The first kappa shape index (κ1) is 16.7. The Balaban J connectivity index is 2.09. The van der Waals surface area contributed by atoms with Crippen LogP contribution in [-0.4, -0.2) is 35.1 Å². The Hall–Kier alpha value is -2.64. The van der Waals surface area contributed by atoms with Crippen molar-refractivity contribution >= 4 is 0 Å². The van der Waals surface area contributed by atoms with Gasteiger partial charge in [-0.05, 0) is 42.8 Å². The molecule has 0 aliphatic carbocycles. The van der Waals surface area contributed by atoms with Gasteiger partial charge in [0.25, 0.3) is 0 Å². The second kappa shape index (κ2) is 9.39. The normalized spacial score (nSPS) is 9.87. The molecule has 2 aromatic rings. The molecule has 1 N–H and O–H groups in total. The van der Waals surface area contributed by atoms with Gasteiger partial charge in [-0.1, -0.05) is 30.2 Å². The first-order valence-corrected chi connectivity index (χ1v) is 7.45. The van der Waals surface area contributed by atoms with Gasteiger partial charge >= 0.3 is 0 Å². The molecule has 23 heavy (non-hydrogen) atoms. The van der Waals surface area contributed by atoms with E-state index in [9.17, 15) is 4.39 Å². The number of benzene rings is 1. The Morgan fingerprint density at radius 1 is 1.09 bits per heavy atom. The van der Waals surface area contributed by atoms with E-state index in [1.165, 1.54) is 0 Å². The highest BCUT2D eigenvalue weighted by molar-refractivity contribution is 5.40. The molecule has 0 amide bonds. The summed E-state index contributed by atoms with van der Waals surface area (Å²) < 4.78 is 12.3. The van der Waals surface area contributed by atoms with Crippen molar-refractivity contribution in [2.24, 2.45) is 0 Å². The van der Waals surface area contributed by atoms with Gasteiger partial charge in [-0.2, -0.15) is 0 Å². The molecule has 0 fully saturated rings. The topological polar surface area (TPSA) is 31.9 Å². The van der Waals surface area contributed by atoms with E-state index in [1.807, 2.05) is 60.5 Å². The number of hydrogen-bond donors (Lipinski definition) is 1. The lowest BCUT2D eigenvalue weighted by Gasteiger charge is -2.14. The summed E-state index contributed by atoms with van der Waals surface area (Å²) in [6.07, 6.45) is 3.31. The summed E-state index contributed by atoms with van der Waals surface area (Å²) in [7, 11) is 1.91. The maximum absolute atomic E-state index is 12.3. The van der Waals surface area contributed by atoms with E-state index in [4.69, 9.17) is 0 Å². The summed E-state index contributed by atoms with van der Waals surface area (Å²) in [5.41, 5.74) is 2.86. The van der Waals surface area contributed by atoms with E-state index in [2.05, 4.69) is 21.8 Å². The van der Waals surface area contributed by atoms with E-state index in [0.717, 1.165) is 23.4 Å². The van der Waals surface area contributed by atoms with Crippen molar-refractivity contribution in [1.29, 1.82) is 0 Å². The Kier molecular flexibility index (Phi) is 6.83. The third kappa shape index (κ3) is 6.33. The summed E-state index contributed by atoms with van der Waals surface area (Å²) in [6, 6.07) is 15.6. The molecule has 0 atom stereocenters. The van der Waals surface area contributed by atoms with Crippen LogP contribution < -0.4 is 0 Å². The number of H-pyrrole nitrogens is 1. The second-order valence-electron chi connectivity index (χ2n) is 5.10. The maximum atomic E-state index is 12.3. The zero-order chi connectivity index (χ0) is 16.3. The van der Waals surface area contributed by atoms with Gasteiger partial charge in [0.1, 0.15) is 6.67 Å². The average molecular weight is 309 g/mol. The molecule has 0 bridgehead atoms. The van der Waals surface area contributed by atoms with E-state index in [0.29, 0.717) is 6.54 Å². The van der Waals surface area contributed by atoms with Crippen LogP contribution in [0.3, 0.4) is 0 Å². The SMILES string of the molecule is CN(CCF)Cc1ccc(C#Cc2cccccnc[nH]2)cc1. The highest BCUT2D eigenvalue weighted by Gasteiger charge is 1.99. The number of aromatic nitrogens is 2. The van der Waals surface area contributed by atoms with E-state index >= 15 is 0 Å².